The number of hydrogen-bond donors (Lipinski definition) is 2. The molecule has 2 N–H and O–H groups in total. The number of amides is 1. The third kappa shape index (κ3) is 2.60. The number of carbonyl (C=O) groups excluding carboxylic acids is 1. The lowest BCUT2D eigenvalue weighted by Crippen LogP contribution is -2.52. The Labute approximate surface area is 101 Å². The van der Waals surface area contributed by atoms with Gasteiger partial charge >= 0.3 is 5.97 Å². The minimum atomic E-state index is -0.683. The van der Waals surface area contributed by atoms with Gasteiger partial charge in [-0.2, -0.15) is 0 Å². The summed E-state index contributed by atoms with van der Waals surface area (Å²) in [6.07, 6.45) is 2.47. The highest BCUT2D eigenvalue weighted by Crippen LogP contribution is 2.49. The van der Waals surface area contributed by atoms with Crippen LogP contribution in [-0.2, 0) is 9.59 Å². The van der Waals surface area contributed by atoms with Gasteiger partial charge in [-0.25, -0.2) is 0 Å². The van der Waals surface area contributed by atoms with E-state index in [0.29, 0.717) is 18.4 Å². The summed E-state index contributed by atoms with van der Waals surface area (Å²) in [5.74, 6) is 0.0683. The molecular formula is C12H20N2O3. The molecule has 0 bridgehead atoms. The van der Waals surface area contributed by atoms with Crippen LogP contribution < -0.4 is 5.32 Å². The topological polar surface area (TPSA) is 69.6 Å². The SMILES string of the molecule is CN(C)CC(=O)NC1CC2CC(C(=O)O)CC21. The molecule has 0 heterocycles. The van der Waals surface area contributed by atoms with Crippen molar-refractivity contribution in [2.45, 2.75) is 25.3 Å². The second-order valence-corrected chi connectivity index (χ2v) is 5.58. The van der Waals surface area contributed by atoms with Crippen LogP contribution in [-0.4, -0.2) is 48.6 Å². The molecule has 0 aliphatic heterocycles. The van der Waals surface area contributed by atoms with Crippen molar-refractivity contribution in [3.8, 4) is 0 Å². The zero-order valence-corrected chi connectivity index (χ0v) is 10.3. The Balaban J connectivity index is 1.80. The predicted molar refractivity (Wildman–Crippen MR) is 62.4 cm³/mol. The Morgan fingerprint density at radius 2 is 2.00 bits per heavy atom. The zero-order valence-electron chi connectivity index (χ0n) is 10.3. The maximum absolute atomic E-state index is 11.6. The molecule has 0 radical (unpaired) electrons. The molecule has 0 spiro atoms. The highest BCUT2D eigenvalue weighted by Gasteiger charge is 2.49. The van der Waals surface area contributed by atoms with Crippen LogP contribution in [0.5, 0.6) is 0 Å². The Morgan fingerprint density at radius 1 is 1.29 bits per heavy atom. The first-order chi connectivity index (χ1) is 7.97. The first-order valence-corrected chi connectivity index (χ1v) is 6.14. The fraction of sp³-hybridized carbons (Fsp3) is 0.833. The van der Waals surface area contributed by atoms with E-state index in [1.54, 1.807) is 0 Å². The first-order valence-electron chi connectivity index (χ1n) is 6.14. The van der Waals surface area contributed by atoms with Gasteiger partial charge in [0.05, 0.1) is 12.5 Å². The fourth-order valence-corrected chi connectivity index (χ4v) is 3.13. The van der Waals surface area contributed by atoms with E-state index in [9.17, 15) is 9.59 Å². The summed E-state index contributed by atoms with van der Waals surface area (Å²) in [5.41, 5.74) is 0. The van der Waals surface area contributed by atoms with Crippen molar-refractivity contribution in [1.82, 2.24) is 10.2 Å². The number of nitrogens with zero attached hydrogens (tertiary/aromatic N) is 1. The number of rotatable bonds is 4. The molecule has 96 valence electrons. The van der Waals surface area contributed by atoms with Crippen molar-refractivity contribution in [3.63, 3.8) is 0 Å². The number of aliphatic carboxylic acids is 1. The summed E-state index contributed by atoms with van der Waals surface area (Å²) in [6, 6.07) is 0.205. The molecule has 4 unspecified atom stereocenters. The summed E-state index contributed by atoms with van der Waals surface area (Å²) >= 11 is 0. The van der Waals surface area contributed by atoms with Gasteiger partial charge in [0.2, 0.25) is 5.91 Å². The van der Waals surface area contributed by atoms with E-state index in [2.05, 4.69) is 5.32 Å². The predicted octanol–water partition coefficient (Wildman–Crippen LogP) is 0.164. The van der Waals surface area contributed by atoms with E-state index in [4.69, 9.17) is 5.11 Å². The van der Waals surface area contributed by atoms with Gasteiger partial charge in [0.1, 0.15) is 0 Å². The Hall–Kier alpha value is -1.10. The monoisotopic (exact) mass is 240 g/mol. The quantitative estimate of drug-likeness (QED) is 0.734. The normalized spacial score (nSPS) is 35.2. The number of carboxylic acids is 1. The molecule has 2 aliphatic rings. The van der Waals surface area contributed by atoms with E-state index in [0.717, 1.165) is 19.3 Å². The van der Waals surface area contributed by atoms with Crippen LogP contribution in [0.2, 0.25) is 0 Å². The first kappa shape index (κ1) is 12.4. The van der Waals surface area contributed by atoms with Crippen LogP contribution in [0.3, 0.4) is 0 Å². The Bertz CT molecular complexity index is 330. The number of hydrogen-bond acceptors (Lipinski definition) is 3. The van der Waals surface area contributed by atoms with Gasteiger partial charge in [-0.1, -0.05) is 0 Å². The number of carboxylic acid groups (broad SMARTS) is 1. The van der Waals surface area contributed by atoms with Crippen molar-refractivity contribution >= 4 is 11.9 Å². The highest BCUT2D eigenvalue weighted by molar-refractivity contribution is 5.78. The van der Waals surface area contributed by atoms with Crippen molar-refractivity contribution in [1.29, 1.82) is 0 Å². The molecule has 17 heavy (non-hydrogen) atoms. The average Bonchev–Trinajstić information content (AvgIpc) is 2.51. The van der Waals surface area contributed by atoms with Crippen LogP contribution in [0.25, 0.3) is 0 Å². The van der Waals surface area contributed by atoms with Crippen LogP contribution >= 0.6 is 0 Å². The number of likely N-dealkylation sites (N-methyl/N-ethyl adjacent to an activating group) is 1. The summed E-state index contributed by atoms with van der Waals surface area (Å²) in [4.78, 5) is 24.3. The smallest absolute Gasteiger partial charge is 0.306 e. The molecule has 0 aromatic rings. The molecule has 4 atom stereocenters. The third-order valence-electron chi connectivity index (χ3n) is 3.98. The average molecular weight is 240 g/mol. The molecule has 0 aromatic heterocycles. The second-order valence-electron chi connectivity index (χ2n) is 5.58. The maximum Gasteiger partial charge on any atom is 0.306 e. The Kier molecular flexibility index (Phi) is 3.38. The van der Waals surface area contributed by atoms with E-state index >= 15 is 0 Å². The molecular weight excluding hydrogens is 220 g/mol. The summed E-state index contributed by atoms with van der Waals surface area (Å²) in [7, 11) is 3.72. The molecule has 2 aliphatic carbocycles. The van der Waals surface area contributed by atoms with Crippen LogP contribution in [0.15, 0.2) is 0 Å². The zero-order chi connectivity index (χ0) is 12.6. The molecule has 5 nitrogen and oxygen atoms in total. The van der Waals surface area contributed by atoms with E-state index in [-0.39, 0.29) is 17.9 Å². The molecule has 2 saturated carbocycles. The minimum Gasteiger partial charge on any atom is -0.481 e. The third-order valence-corrected chi connectivity index (χ3v) is 3.98. The van der Waals surface area contributed by atoms with Gasteiger partial charge < -0.3 is 15.3 Å². The van der Waals surface area contributed by atoms with Crippen molar-refractivity contribution in [3.05, 3.63) is 0 Å². The number of fused-ring (bicyclic) bond motifs is 1. The van der Waals surface area contributed by atoms with E-state index in [1.807, 2.05) is 19.0 Å². The molecule has 0 aromatic carbocycles. The van der Waals surface area contributed by atoms with Gasteiger partial charge in [-0.15, -0.1) is 0 Å². The van der Waals surface area contributed by atoms with E-state index in [1.165, 1.54) is 0 Å². The maximum atomic E-state index is 11.6. The van der Waals surface area contributed by atoms with Gasteiger partial charge in [0.25, 0.3) is 0 Å². The fourth-order valence-electron chi connectivity index (χ4n) is 3.13. The molecule has 0 saturated heterocycles. The van der Waals surface area contributed by atoms with Crippen molar-refractivity contribution in [2.75, 3.05) is 20.6 Å². The van der Waals surface area contributed by atoms with Gasteiger partial charge in [-0.3, -0.25) is 9.59 Å². The lowest BCUT2D eigenvalue weighted by Gasteiger charge is -2.41. The largest absolute Gasteiger partial charge is 0.481 e. The number of carbonyl (C=O) groups is 2. The van der Waals surface area contributed by atoms with Gasteiger partial charge in [-0.05, 0) is 45.2 Å². The van der Waals surface area contributed by atoms with Crippen molar-refractivity contribution in [2.24, 2.45) is 17.8 Å². The van der Waals surface area contributed by atoms with Crippen LogP contribution in [0.4, 0.5) is 0 Å². The van der Waals surface area contributed by atoms with E-state index < -0.39 is 5.97 Å². The number of nitrogens with one attached hydrogen (secondary N) is 1. The van der Waals surface area contributed by atoms with Crippen LogP contribution in [0.1, 0.15) is 19.3 Å². The second kappa shape index (κ2) is 4.64. The van der Waals surface area contributed by atoms with Crippen molar-refractivity contribution < 1.29 is 14.7 Å². The van der Waals surface area contributed by atoms with Gasteiger partial charge in [0.15, 0.2) is 0 Å². The molecule has 2 fully saturated rings. The lowest BCUT2D eigenvalue weighted by atomic mass is 9.71. The van der Waals surface area contributed by atoms with Crippen LogP contribution in [0, 0.1) is 17.8 Å². The van der Waals surface area contributed by atoms with Gasteiger partial charge in [0, 0.05) is 6.04 Å². The summed E-state index contributed by atoms with van der Waals surface area (Å²) < 4.78 is 0. The summed E-state index contributed by atoms with van der Waals surface area (Å²) in [5, 5.41) is 12.0. The highest BCUT2D eigenvalue weighted by atomic mass is 16.4. The standard InChI is InChI=1S/C12H20N2O3/c1-14(2)6-11(15)13-10-5-7-3-8(12(16)17)4-9(7)10/h7-10H,3-6H2,1-2H3,(H,13,15)(H,16,17). The lowest BCUT2D eigenvalue weighted by molar-refractivity contribution is -0.141. The Morgan fingerprint density at radius 3 is 2.59 bits per heavy atom. The molecule has 1 amide bonds. The molecule has 5 heteroatoms. The summed E-state index contributed by atoms with van der Waals surface area (Å²) in [6.45, 7) is 0.399. The molecule has 2 rings (SSSR count). The minimum absolute atomic E-state index is 0.0391.